The van der Waals surface area contributed by atoms with Gasteiger partial charge in [-0.1, -0.05) is 0 Å². The van der Waals surface area contributed by atoms with Gasteiger partial charge < -0.3 is 15.2 Å². The Morgan fingerprint density at radius 3 is 2.74 bits per heavy atom. The van der Waals surface area contributed by atoms with E-state index in [1.807, 2.05) is 18.2 Å². The third kappa shape index (κ3) is 2.58. The first-order valence-corrected chi connectivity index (χ1v) is 7.17. The van der Waals surface area contributed by atoms with E-state index in [4.69, 9.17) is 10.3 Å². The normalized spacial score (nSPS) is 15.7. The predicted octanol–water partition coefficient (Wildman–Crippen LogP) is 3.07. The quantitative estimate of drug-likeness (QED) is 0.860. The van der Waals surface area contributed by atoms with Crippen LogP contribution >= 0.6 is 15.9 Å². The molecule has 6 heteroatoms. The molecule has 100 valence electrons. The van der Waals surface area contributed by atoms with Gasteiger partial charge in [-0.3, -0.25) is 0 Å². The highest BCUT2D eigenvalue weighted by molar-refractivity contribution is 9.10. The first-order valence-electron chi connectivity index (χ1n) is 6.38. The Balaban J connectivity index is 1.85. The lowest BCUT2D eigenvalue weighted by Gasteiger charge is -2.24. The van der Waals surface area contributed by atoms with Crippen LogP contribution < -0.4 is 10.6 Å². The molecule has 0 unspecified atom stereocenters. The molecule has 0 atom stereocenters. The van der Waals surface area contributed by atoms with Crippen LogP contribution in [0.25, 0.3) is 11.5 Å². The third-order valence-corrected chi connectivity index (χ3v) is 4.02. The Bertz CT molecular complexity index is 578. The van der Waals surface area contributed by atoms with Crippen LogP contribution in [-0.2, 0) is 0 Å². The van der Waals surface area contributed by atoms with E-state index in [1.165, 1.54) is 19.3 Å². The van der Waals surface area contributed by atoms with Crippen LogP contribution in [0.1, 0.15) is 19.3 Å². The van der Waals surface area contributed by atoms with Gasteiger partial charge >= 0.3 is 0 Å². The summed E-state index contributed by atoms with van der Waals surface area (Å²) in [6.07, 6.45) is 3.66. The number of halogens is 1. The number of hydrogen-bond donors (Lipinski definition) is 1. The number of rotatable bonds is 2. The average molecular weight is 323 g/mol. The summed E-state index contributed by atoms with van der Waals surface area (Å²) in [6.45, 7) is 2.00. The van der Waals surface area contributed by atoms with E-state index in [0.717, 1.165) is 23.1 Å². The van der Waals surface area contributed by atoms with Gasteiger partial charge in [0.05, 0.1) is 0 Å². The minimum atomic E-state index is 0.514. The second kappa shape index (κ2) is 5.21. The largest absolute Gasteiger partial charge is 0.398 e. The molecule has 0 aliphatic carbocycles. The number of anilines is 2. The molecule has 0 amide bonds. The second-order valence-electron chi connectivity index (χ2n) is 4.68. The molecule has 1 fully saturated rings. The van der Waals surface area contributed by atoms with Crippen molar-refractivity contribution >= 4 is 27.6 Å². The lowest BCUT2D eigenvalue weighted by Crippen LogP contribution is -2.30. The van der Waals surface area contributed by atoms with Gasteiger partial charge in [0.15, 0.2) is 0 Å². The number of nitrogens with zero attached hydrogens (tertiary/aromatic N) is 3. The van der Waals surface area contributed by atoms with E-state index in [-0.39, 0.29) is 0 Å². The maximum absolute atomic E-state index is 5.86. The summed E-state index contributed by atoms with van der Waals surface area (Å²) in [5, 5.41) is 4.06. The lowest BCUT2D eigenvalue weighted by molar-refractivity contribution is 0.426. The van der Waals surface area contributed by atoms with Crippen molar-refractivity contribution in [2.24, 2.45) is 0 Å². The maximum Gasteiger partial charge on any atom is 0.266 e. The summed E-state index contributed by atoms with van der Waals surface area (Å²) >= 11 is 3.37. The molecule has 1 aliphatic rings. The molecule has 2 heterocycles. The van der Waals surface area contributed by atoms with Crippen molar-refractivity contribution in [1.29, 1.82) is 0 Å². The van der Waals surface area contributed by atoms with Crippen LogP contribution in [0.3, 0.4) is 0 Å². The van der Waals surface area contributed by atoms with E-state index < -0.39 is 0 Å². The molecule has 2 aromatic rings. The fourth-order valence-electron chi connectivity index (χ4n) is 2.23. The molecular weight excluding hydrogens is 308 g/mol. The summed E-state index contributed by atoms with van der Waals surface area (Å²) in [7, 11) is 0. The number of nitrogens with two attached hydrogens (primary N) is 1. The van der Waals surface area contributed by atoms with Gasteiger partial charge in [0, 0.05) is 28.8 Å². The first-order chi connectivity index (χ1) is 9.24. The Labute approximate surface area is 119 Å². The molecule has 19 heavy (non-hydrogen) atoms. The van der Waals surface area contributed by atoms with Crippen molar-refractivity contribution in [1.82, 2.24) is 10.1 Å². The summed E-state index contributed by atoms with van der Waals surface area (Å²) in [4.78, 5) is 6.62. The van der Waals surface area contributed by atoms with Gasteiger partial charge in [-0.15, -0.1) is 0 Å². The average Bonchev–Trinajstić information content (AvgIpc) is 2.93. The summed E-state index contributed by atoms with van der Waals surface area (Å²) in [5.41, 5.74) is 7.37. The van der Waals surface area contributed by atoms with Gasteiger partial charge in [0.2, 0.25) is 0 Å². The zero-order chi connectivity index (χ0) is 13.2. The summed E-state index contributed by atoms with van der Waals surface area (Å²) in [6, 6.07) is 5.63. The van der Waals surface area contributed by atoms with Gasteiger partial charge in [0.1, 0.15) is 0 Å². The smallest absolute Gasteiger partial charge is 0.266 e. The van der Waals surface area contributed by atoms with Crippen LogP contribution in [0.4, 0.5) is 11.6 Å². The van der Waals surface area contributed by atoms with E-state index in [0.29, 0.717) is 17.5 Å². The zero-order valence-corrected chi connectivity index (χ0v) is 12.1. The number of aromatic nitrogens is 2. The Morgan fingerprint density at radius 2 is 2.00 bits per heavy atom. The summed E-state index contributed by atoms with van der Waals surface area (Å²) < 4.78 is 6.19. The molecule has 1 aromatic carbocycles. The van der Waals surface area contributed by atoms with Gasteiger partial charge in [-0.05, 0) is 58.5 Å². The van der Waals surface area contributed by atoms with Crippen LogP contribution in [0.2, 0.25) is 0 Å². The van der Waals surface area contributed by atoms with E-state index in [9.17, 15) is 0 Å². The zero-order valence-electron chi connectivity index (χ0n) is 10.5. The van der Waals surface area contributed by atoms with Crippen molar-refractivity contribution in [3.8, 4) is 11.5 Å². The molecule has 5 nitrogen and oxygen atoms in total. The van der Waals surface area contributed by atoms with Crippen LogP contribution in [0.5, 0.6) is 0 Å². The molecular formula is C13H15BrN4O. The van der Waals surface area contributed by atoms with Crippen molar-refractivity contribution in [3.63, 3.8) is 0 Å². The highest BCUT2D eigenvalue weighted by Crippen LogP contribution is 2.27. The van der Waals surface area contributed by atoms with Crippen molar-refractivity contribution < 1.29 is 4.52 Å². The summed E-state index contributed by atoms with van der Waals surface area (Å²) in [5.74, 6) is 1.19. The molecule has 0 radical (unpaired) electrons. The van der Waals surface area contributed by atoms with Crippen molar-refractivity contribution in [3.05, 3.63) is 22.7 Å². The fourth-order valence-corrected chi connectivity index (χ4v) is 2.48. The van der Waals surface area contributed by atoms with Crippen molar-refractivity contribution in [2.75, 3.05) is 23.7 Å². The number of hydrogen-bond acceptors (Lipinski definition) is 5. The van der Waals surface area contributed by atoms with Crippen LogP contribution in [0.15, 0.2) is 27.2 Å². The van der Waals surface area contributed by atoms with Gasteiger partial charge in [-0.25, -0.2) is 0 Å². The Hall–Kier alpha value is -1.56. The minimum Gasteiger partial charge on any atom is -0.398 e. The van der Waals surface area contributed by atoms with Crippen LogP contribution in [-0.4, -0.2) is 23.2 Å². The second-order valence-corrected chi connectivity index (χ2v) is 5.54. The van der Waals surface area contributed by atoms with Gasteiger partial charge in [-0.2, -0.15) is 4.98 Å². The number of piperidine rings is 1. The predicted molar refractivity (Wildman–Crippen MR) is 77.9 cm³/mol. The number of benzene rings is 1. The van der Waals surface area contributed by atoms with E-state index in [2.05, 4.69) is 31.0 Å². The first kappa shape index (κ1) is 12.5. The minimum absolute atomic E-state index is 0.514. The topological polar surface area (TPSA) is 68.2 Å². The molecule has 1 saturated heterocycles. The van der Waals surface area contributed by atoms with Crippen molar-refractivity contribution in [2.45, 2.75) is 19.3 Å². The number of nitrogen functional groups attached to an aromatic ring is 1. The fraction of sp³-hybridized carbons (Fsp3) is 0.385. The van der Waals surface area contributed by atoms with E-state index in [1.54, 1.807) is 0 Å². The lowest BCUT2D eigenvalue weighted by atomic mass is 10.1. The third-order valence-electron chi connectivity index (χ3n) is 3.30. The van der Waals surface area contributed by atoms with Gasteiger partial charge in [0.25, 0.3) is 11.8 Å². The Morgan fingerprint density at radius 1 is 1.21 bits per heavy atom. The standard InChI is InChI=1S/C13H15BrN4O/c14-10-5-4-9(8-11(10)15)12-16-13(17-19-12)18-6-2-1-3-7-18/h4-5,8H,1-3,6-7,15H2. The SMILES string of the molecule is Nc1cc(-c2nc(N3CCCCC3)no2)ccc1Br. The monoisotopic (exact) mass is 322 g/mol. The molecule has 3 rings (SSSR count). The van der Waals surface area contributed by atoms with E-state index >= 15 is 0 Å². The van der Waals surface area contributed by atoms with Crippen LogP contribution in [0, 0.1) is 0 Å². The highest BCUT2D eigenvalue weighted by atomic mass is 79.9. The molecule has 0 saturated carbocycles. The molecule has 0 spiro atoms. The highest BCUT2D eigenvalue weighted by Gasteiger charge is 2.17. The molecule has 0 bridgehead atoms. The molecule has 1 aromatic heterocycles. The molecule has 2 N–H and O–H groups in total. The maximum atomic E-state index is 5.86. The molecule has 1 aliphatic heterocycles. The Kier molecular flexibility index (Phi) is 3.42.